The van der Waals surface area contributed by atoms with E-state index in [1.807, 2.05) is 23.1 Å². The van der Waals surface area contributed by atoms with Crippen LogP contribution in [0.25, 0.3) is 0 Å². The van der Waals surface area contributed by atoms with Gasteiger partial charge in [0, 0.05) is 18.8 Å². The predicted molar refractivity (Wildman–Crippen MR) is 96.4 cm³/mol. The Bertz CT molecular complexity index is 697. The van der Waals surface area contributed by atoms with E-state index < -0.39 is 0 Å². The van der Waals surface area contributed by atoms with E-state index in [2.05, 4.69) is 35.2 Å². The lowest BCUT2D eigenvalue weighted by molar-refractivity contribution is 0.0980. The Morgan fingerprint density at radius 1 is 1.25 bits per heavy atom. The van der Waals surface area contributed by atoms with Crippen molar-refractivity contribution < 1.29 is 4.79 Å². The molecule has 0 unspecified atom stereocenters. The second kappa shape index (κ2) is 7.43. The molecule has 1 aromatic heterocycles. The van der Waals surface area contributed by atoms with Crippen LogP contribution in [0.3, 0.4) is 0 Å². The van der Waals surface area contributed by atoms with Crippen LogP contribution in [0.5, 0.6) is 0 Å². The van der Waals surface area contributed by atoms with Crippen LogP contribution in [0.4, 0.5) is 11.5 Å². The third kappa shape index (κ3) is 3.72. The average molecular weight is 324 g/mol. The van der Waals surface area contributed by atoms with Crippen LogP contribution in [0, 0.1) is 5.92 Å². The first-order valence-corrected chi connectivity index (χ1v) is 8.61. The molecule has 1 amide bonds. The molecule has 0 radical (unpaired) electrons. The molecule has 2 aromatic rings. The van der Waals surface area contributed by atoms with Crippen LogP contribution in [0.2, 0.25) is 0 Å². The first-order valence-electron chi connectivity index (χ1n) is 8.61. The number of nitrogens with zero attached hydrogens (tertiary/aromatic N) is 3. The largest absolute Gasteiger partial charge is 0.369 e. The lowest BCUT2D eigenvalue weighted by atomic mass is 10.0. The summed E-state index contributed by atoms with van der Waals surface area (Å²) in [6, 6.07) is 8.08. The Kier molecular flexibility index (Phi) is 5.08. The van der Waals surface area contributed by atoms with Crippen molar-refractivity contribution in [2.45, 2.75) is 33.1 Å². The molecule has 2 heterocycles. The molecule has 0 saturated carbocycles. The fraction of sp³-hybridized carbons (Fsp3) is 0.421. The van der Waals surface area contributed by atoms with Crippen molar-refractivity contribution in [1.29, 1.82) is 0 Å². The predicted octanol–water partition coefficient (Wildman–Crippen LogP) is 3.53. The molecule has 126 valence electrons. The molecule has 0 aliphatic carbocycles. The summed E-state index contributed by atoms with van der Waals surface area (Å²) in [6.07, 6.45) is 6.28. The summed E-state index contributed by atoms with van der Waals surface area (Å²) in [6.45, 7) is 5.96. The lowest BCUT2D eigenvalue weighted by Gasteiger charge is -2.29. The molecule has 1 aliphatic rings. The molecular formula is C19H24N4O. The molecule has 1 aromatic carbocycles. The minimum absolute atomic E-state index is 0.0802. The maximum atomic E-state index is 12.8. The van der Waals surface area contributed by atoms with Crippen LogP contribution in [0.15, 0.2) is 36.7 Å². The van der Waals surface area contributed by atoms with Gasteiger partial charge in [-0.2, -0.15) is 0 Å². The first kappa shape index (κ1) is 16.4. The number of anilines is 2. The maximum absolute atomic E-state index is 12.8. The van der Waals surface area contributed by atoms with Gasteiger partial charge in [-0.3, -0.25) is 4.79 Å². The fourth-order valence-corrected chi connectivity index (χ4v) is 2.90. The van der Waals surface area contributed by atoms with Crippen LogP contribution in [0.1, 0.15) is 42.7 Å². The van der Waals surface area contributed by atoms with Crippen molar-refractivity contribution in [1.82, 2.24) is 9.97 Å². The van der Waals surface area contributed by atoms with E-state index in [1.165, 1.54) is 5.56 Å². The van der Waals surface area contributed by atoms with Gasteiger partial charge in [0.25, 0.3) is 5.91 Å². The highest BCUT2D eigenvalue weighted by molar-refractivity contribution is 6.05. The van der Waals surface area contributed by atoms with Crippen LogP contribution >= 0.6 is 0 Å². The monoisotopic (exact) mass is 324 g/mol. The lowest BCUT2D eigenvalue weighted by Crippen LogP contribution is -2.36. The molecule has 1 N–H and O–H groups in total. The molecule has 24 heavy (non-hydrogen) atoms. The van der Waals surface area contributed by atoms with Crippen molar-refractivity contribution in [2.24, 2.45) is 5.92 Å². The minimum Gasteiger partial charge on any atom is -0.369 e. The van der Waals surface area contributed by atoms with Crippen molar-refractivity contribution in [3.05, 3.63) is 47.9 Å². The van der Waals surface area contributed by atoms with Gasteiger partial charge < -0.3 is 10.2 Å². The number of benzene rings is 1. The zero-order valence-corrected chi connectivity index (χ0v) is 14.3. The summed E-state index contributed by atoms with van der Waals surface area (Å²) in [5.74, 6) is 1.28. The second-order valence-corrected chi connectivity index (χ2v) is 6.59. The highest BCUT2D eigenvalue weighted by atomic mass is 16.2. The number of carbonyl (C=O) groups excluding carboxylic acids is 1. The number of para-hydroxylation sites is 1. The number of fused-ring (bicyclic) bond motifs is 1. The third-order valence-corrected chi connectivity index (χ3v) is 4.25. The molecule has 3 rings (SSSR count). The van der Waals surface area contributed by atoms with Gasteiger partial charge in [0.05, 0.1) is 12.4 Å². The van der Waals surface area contributed by atoms with Gasteiger partial charge >= 0.3 is 0 Å². The normalized spacial score (nSPS) is 13.7. The van der Waals surface area contributed by atoms with Gasteiger partial charge in [0.2, 0.25) is 0 Å². The molecule has 5 nitrogen and oxygen atoms in total. The smallest absolute Gasteiger partial charge is 0.278 e. The van der Waals surface area contributed by atoms with Crippen molar-refractivity contribution in [3.63, 3.8) is 0 Å². The number of carbonyl (C=O) groups is 1. The molecule has 0 fully saturated rings. The average Bonchev–Trinajstić information content (AvgIpc) is 2.61. The Morgan fingerprint density at radius 2 is 2.08 bits per heavy atom. The van der Waals surface area contributed by atoms with Crippen molar-refractivity contribution in [2.75, 3.05) is 23.3 Å². The SMILES string of the molecule is CC(C)CCNc1cnc(C(=O)N2CCCc3ccccc32)cn1. The van der Waals surface area contributed by atoms with Crippen molar-refractivity contribution >= 4 is 17.4 Å². The second-order valence-electron chi connectivity index (χ2n) is 6.59. The van der Waals surface area contributed by atoms with Gasteiger partial charge in [-0.1, -0.05) is 32.0 Å². The zero-order chi connectivity index (χ0) is 16.9. The Labute approximate surface area is 143 Å². The van der Waals surface area contributed by atoms with Gasteiger partial charge in [-0.25, -0.2) is 9.97 Å². The number of nitrogens with one attached hydrogen (secondary N) is 1. The van der Waals surface area contributed by atoms with E-state index in [9.17, 15) is 4.79 Å². The summed E-state index contributed by atoms with van der Waals surface area (Å²) >= 11 is 0. The molecule has 5 heteroatoms. The zero-order valence-electron chi connectivity index (χ0n) is 14.3. The van der Waals surface area contributed by atoms with Gasteiger partial charge in [-0.15, -0.1) is 0 Å². The van der Waals surface area contributed by atoms with E-state index in [0.717, 1.165) is 38.0 Å². The maximum Gasteiger partial charge on any atom is 0.278 e. The van der Waals surface area contributed by atoms with Gasteiger partial charge in [0.1, 0.15) is 11.5 Å². The molecule has 0 bridgehead atoms. The summed E-state index contributed by atoms with van der Waals surface area (Å²) in [7, 11) is 0. The van der Waals surface area contributed by atoms with Gasteiger partial charge in [-0.05, 0) is 36.8 Å². The Morgan fingerprint density at radius 3 is 2.83 bits per heavy atom. The fourth-order valence-electron chi connectivity index (χ4n) is 2.90. The number of aryl methyl sites for hydroxylation is 1. The summed E-state index contributed by atoms with van der Waals surface area (Å²) in [4.78, 5) is 23.2. The van der Waals surface area contributed by atoms with Crippen LogP contribution in [-0.2, 0) is 6.42 Å². The summed E-state index contributed by atoms with van der Waals surface area (Å²) < 4.78 is 0. The van der Waals surface area contributed by atoms with Crippen molar-refractivity contribution in [3.8, 4) is 0 Å². The standard InChI is InChI=1S/C19H24N4O/c1-14(2)9-10-20-18-13-21-16(12-22-18)19(24)23-11-5-7-15-6-3-4-8-17(15)23/h3-4,6,8,12-14H,5,7,9-11H2,1-2H3,(H,20,22). The Hall–Kier alpha value is -2.43. The van der Waals surface area contributed by atoms with E-state index in [0.29, 0.717) is 17.4 Å². The quantitative estimate of drug-likeness (QED) is 0.914. The summed E-state index contributed by atoms with van der Waals surface area (Å²) in [5.41, 5.74) is 2.60. The molecule has 0 saturated heterocycles. The summed E-state index contributed by atoms with van der Waals surface area (Å²) in [5, 5.41) is 3.24. The number of amides is 1. The third-order valence-electron chi connectivity index (χ3n) is 4.25. The highest BCUT2D eigenvalue weighted by Crippen LogP contribution is 2.27. The van der Waals surface area contributed by atoms with E-state index in [4.69, 9.17) is 0 Å². The molecule has 1 aliphatic heterocycles. The first-order chi connectivity index (χ1) is 11.6. The molecule has 0 atom stereocenters. The number of rotatable bonds is 5. The topological polar surface area (TPSA) is 58.1 Å². The van der Waals surface area contributed by atoms with E-state index in [-0.39, 0.29) is 5.91 Å². The Balaban J connectivity index is 1.70. The van der Waals surface area contributed by atoms with E-state index in [1.54, 1.807) is 12.4 Å². The number of hydrogen-bond acceptors (Lipinski definition) is 4. The molecular weight excluding hydrogens is 300 g/mol. The van der Waals surface area contributed by atoms with E-state index >= 15 is 0 Å². The molecule has 0 spiro atoms. The number of aromatic nitrogens is 2. The number of hydrogen-bond donors (Lipinski definition) is 1. The van der Waals surface area contributed by atoms with Crippen LogP contribution < -0.4 is 10.2 Å². The van der Waals surface area contributed by atoms with Gasteiger partial charge in [0.15, 0.2) is 0 Å². The van der Waals surface area contributed by atoms with Crippen LogP contribution in [-0.4, -0.2) is 29.0 Å². The highest BCUT2D eigenvalue weighted by Gasteiger charge is 2.24. The minimum atomic E-state index is -0.0802.